The number of pyridine rings is 1. The Morgan fingerprint density at radius 2 is 2.04 bits per heavy atom. The zero-order valence-electron chi connectivity index (χ0n) is 14.1. The van der Waals surface area contributed by atoms with Gasteiger partial charge in [-0.15, -0.1) is 0 Å². The highest BCUT2D eigenvalue weighted by atomic mass is 35.5. The van der Waals surface area contributed by atoms with Gasteiger partial charge in [0, 0.05) is 30.9 Å². The molecule has 136 valence electrons. The highest BCUT2D eigenvalue weighted by molar-refractivity contribution is 6.42. The van der Waals surface area contributed by atoms with E-state index in [1.54, 1.807) is 18.3 Å². The summed E-state index contributed by atoms with van der Waals surface area (Å²) in [5.74, 6) is 0.743. The average molecular weight is 392 g/mol. The molecule has 1 atom stereocenters. The van der Waals surface area contributed by atoms with Crippen molar-refractivity contribution in [1.82, 2.24) is 10.3 Å². The van der Waals surface area contributed by atoms with E-state index in [9.17, 15) is 4.79 Å². The minimum atomic E-state index is -0.121. The van der Waals surface area contributed by atoms with Gasteiger partial charge in [-0.2, -0.15) is 0 Å². The Balaban J connectivity index is 1.50. The number of hydrogen-bond acceptors (Lipinski definition) is 4. The van der Waals surface area contributed by atoms with Gasteiger partial charge in [0.25, 0.3) is 5.91 Å². The number of morpholine rings is 1. The summed E-state index contributed by atoms with van der Waals surface area (Å²) in [6, 6.07) is 9.47. The third-order valence-electron chi connectivity index (χ3n) is 4.63. The number of halogens is 2. The summed E-state index contributed by atoms with van der Waals surface area (Å²) in [6.45, 7) is 1.93. The van der Waals surface area contributed by atoms with E-state index in [1.807, 2.05) is 18.2 Å². The van der Waals surface area contributed by atoms with Gasteiger partial charge < -0.3 is 15.0 Å². The molecule has 7 heteroatoms. The van der Waals surface area contributed by atoms with Crippen molar-refractivity contribution in [1.29, 1.82) is 0 Å². The lowest BCUT2D eigenvalue weighted by molar-refractivity contribution is 0.0395. The number of ether oxygens (including phenoxy) is 1. The van der Waals surface area contributed by atoms with Gasteiger partial charge in [0.05, 0.1) is 16.7 Å². The molecule has 26 heavy (non-hydrogen) atoms. The van der Waals surface area contributed by atoms with Crippen molar-refractivity contribution in [3.8, 4) is 0 Å². The number of nitrogens with zero attached hydrogens (tertiary/aromatic N) is 2. The molecule has 1 saturated heterocycles. The maximum absolute atomic E-state index is 12.3. The number of nitrogens with one attached hydrogen (secondary N) is 1. The van der Waals surface area contributed by atoms with Crippen molar-refractivity contribution in [2.75, 3.05) is 24.6 Å². The molecule has 4 rings (SSSR count). The number of carbonyl (C=O) groups is 1. The lowest BCUT2D eigenvalue weighted by Gasteiger charge is -2.34. The molecule has 1 aromatic carbocycles. The van der Waals surface area contributed by atoms with E-state index in [4.69, 9.17) is 27.9 Å². The summed E-state index contributed by atoms with van der Waals surface area (Å²) in [5.41, 5.74) is 1.62. The summed E-state index contributed by atoms with van der Waals surface area (Å²) >= 11 is 12.1. The van der Waals surface area contributed by atoms with Crippen LogP contribution in [0.15, 0.2) is 36.5 Å². The number of carbonyl (C=O) groups excluding carboxylic acids is 1. The Morgan fingerprint density at radius 3 is 2.81 bits per heavy atom. The normalized spacial score (nSPS) is 20.1. The van der Waals surface area contributed by atoms with Crippen LogP contribution in [0.2, 0.25) is 10.0 Å². The first-order valence-electron chi connectivity index (χ1n) is 8.68. The average Bonchev–Trinajstić information content (AvgIpc) is 3.48. The van der Waals surface area contributed by atoms with Crippen LogP contribution in [0.4, 0.5) is 5.82 Å². The van der Waals surface area contributed by atoms with Gasteiger partial charge in [0.15, 0.2) is 0 Å². The molecular weight excluding hydrogens is 373 g/mol. The minimum Gasteiger partial charge on any atom is -0.370 e. The van der Waals surface area contributed by atoms with E-state index in [0.717, 1.165) is 30.8 Å². The standard InChI is InChI=1S/C19H19Cl2N3O2/c20-15-4-1-12(9-16(15)21)17-11-24(7-8-26-17)18-10-13(5-6-22-18)19(25)23-14-2-3-14/h1,4-6,9-10,14,17H,2-3,7-8,11H2,(H,23,25)/t17-/m0/s1. The first-order chi connectivity index (χ1) is 12.6. The Hall–Kier alpha value is -1.82. The summed E-state index contributed by atoms with van der Waals surface area (Å²) in [5, 5.41) is 4.05. The lowest BCUT2D eigenvalue weighted by Crippen LogP contribution is -2.39. The van der Waals surface area contributed by atoms with E-state index in [0.29, 0.717) is 34.8 Å². The van der Waals surface area contributed by atoms with Crippen LogP contribution in [0.25, 0.3) is 0 Å². The summed E-state index contributed by atoms with van der Waals surface area (Å²) in [7, 11) is 0. The highest BCUT2D eigenvalue weighted by Crippen LogP contribution is 2.30. The molecule has 1 saturated carbocycles. The second kappa shape index (κ2) is 7.43. The second-order valence-corrected chi connectivity index (χ2v) is 7.44. The third-order valence-corrected chi connectivity index (χ3v) is 5.37. The zero-order chi connectivity index (χ0) is 18.1. The van der Waals surface area contributed by atoms with Gasteiger partial charge >= 0.3 is 0 Å². The van der Waals surface area contributed by atoms with Crippen LogP contribution in [0.3, 0.4) is 0 Å². The Bertz CT molecular complexity index is 826. The molecule has 1 aliphatic heterocycles. The molecule has 2 heterocycles. The summed E-state index contributed by atoms with van der Waals surface area (Å²) < 4.78 is 5.90. The van der Waals surface area contributed by atoms with Crippen LogP contribution in [-0.2, 0) is 4.74 Å². The Morgan fingerprint density at radius 1 is 1.19 bits per heavy atom. The van der Waals surface area contributed by atoms with E-state index in [-0.39, 0.29) is 12.0 Å². The molecule has 2 aromatic rings. The van der Waals surface area contributed by atoms with Gasteiger partial charge in [0.1, 0.15) is 11.9 Å². The molecule has 1 aliphatic carbocycles. The maximum atomic E-state index is 12.3. The van der Waals surface area contributed by atoms with Crippen LogP contribution in [0, 0.1) is 0 Å². The molecule has 0 radical (unpaired) electrons. The number of anilines is 1. The van der Waals surface area contributed by atoms with Crippen molar-refractivity contribution >= 4 is 34.9 Å². The topological polar surface area (TPSA) is 54.5 Å². The first-order valence-corrected chi connectivity index (χ1v) is 9.44. The Kier molecular flexibility index (Phi) is 5.02. The molecule has 1 amide bonds. The van der Waals surface area contributed by atoms with Crippen LogP contribution >= 0.6 is 23.2 Å². The molecule has 0 unspecified atom stereocenters. The van der Waals surface area contributed by atoms with Gasteiger partial charge in [0.2, 0.25) is 0 Å². The van der Waals surface area contributed by atoms with E-state index in [2.05, 4.69) is 15.2 Å². The fraction of sp³-hybridized carbons (Fsp3) is 0.368. The summed E-state index contributed by atoms with van der Waals surface area (Å²) in [6.07, 6.45) is 3.70. The molecule has 2 aliphatic rings. The van der Waals surface area contributed by atoms with Gasteiger partial charge in [-0.05, 0) is 42.7 Å². The monoisotopic (exact) mass is 391 g/mol. The number of hydrogen-bond donors (Lipinski definition) is 1. The SMILES string of the molecule is O=C(NC1CC1)c1ccnc(N2CCO[C@H](c3ccc(Cl)c(Cl)c3)C2)c1. The molecule has 1 N–H and O–H groups in total. The van der Waals surface area contributed by atoms with Crippen LogP contribution in [0.1, 0.15) is 34.9 Å². The number of amides is 1. The number of aromatic nitrogens is 1. The fourth-order valence-corrected chi connectivity index (χ4v) is 3.31. The van der Waals surface area contributed by atoms with Crippen LogP contribution in [-0.4, -0.2) is 36.6 Å². The van der Waals surface area contributed by atoms with Crippen molar-refractivity contribution in [2.45, 2.75) is 25.0 Å². The molecule has 1 aromatic heterocycles. The third kappa shape index (κ3) is 3.95. The quantitative estimate of drug-likeness (QED) is 0.859. The molecule has 0 spiro atoms. The molecule has 0 bridgehead atoms. The van der Waals surface area contributed by atoms with Crippen molar-refractivity contribution in [2.24, 2.45) is 0 Å². The van der Waals surface area contributed by atoms with E-state index < -0.39 is 0 Å². The number of rotatable bonds is 4. The molecule has 5 nitrogen and oxygen atoms in total. The molecule has 2 fully saturated rings. The smallest absolute Gasteiger partial charge is 0.251 e. The zero-order valence-corrected chi connectivity index (χ0v) is 15.6. The van der Waals surface area contributed by atoms with Crippen LogP contribution < -0.4 is 10.2 Å². The van der Waals surface area contributed by atoms with Crippen molar-refractivity contribution in [3.63, 3.8) is 0 Å². The number of benzene rings is 1. The van der Waals surface area contributed by atoms with Crippen molar-refractivity contribution < 1.29 is 9.53 Å². The predicted molar refractivity (Wildman–Crippen MR) is 102 cm³/mol. The Labute approximate surface area is 162 Å². The summed E-state index contributed by atoms with van der Waals surface area (Å²) in [4.78, 5) is 18.8. The van der Waals surface area contributed by atoms with E-state index >= 15 is 0 Å². The fourth-order valence-electron chi connectivity index (χ4n) is 3.00. The first kappa shape index (κ1) is 17.6. The molecular formula is C19H19Cl2N3O2. The van der Waals surface area contributed by atoms with Gasteiger partial charge in [-0.25, -0.2) is 4.98 Å². The van der Waals surface area contributed by atoms with Crippen LogP contribution in [0.5, 0.6) is 0 Å². The largest absolute Gasteiger partial charge is 0.370 e. The van der Waals surface area contributed by atoms with Gasteiger partial charge in [-0.1, -0.05) is 29.3 Å². The van der Waals surface area contributed by atoms with E-state index in [1.165, 1.54) is 0 Å². The maximum Gasteiger partial charge on any atom is 0.251 e. The predicted octanol–water partition coefficient (Wildman–Crippen LogP) is 3.86. The van der Waals surface area contributed by atoms with Crippen molar-refractivity contribution in [3.05, 3.63) is 57.7 Å². The highest BCUT2D eigenvalue weighted by Gasteiger charge is 2.26. The lowest BCUT2D eigenvalue weighted by atomic mass is 10.1. The van der Waals surface area contributed by atoms with Gasteiger partial charge in [-0.3, -0.25) is 4.79 Å². The minimum absolute atomic E-state index is 0.0366. The second-order valence-electron chi connectivity index (χ2n) is 6.63.